The maximum Gasteiger partial charge on any atom is 0.173 e. The molecule has 1 saturated heterocycles. The summed E-state index contributed by atoms with van der Waals surface area (Å²) in [6.07, 6.45) is -0.907. The van der Waals surface area contributed by atoms with E-state index < -0.39 is 37.3 Å². The fourth-order valence-corrected chi connectivity index (χ4v) is 2.60. The molecule has 5 atom stereocenters. The van der Waals surface area contributed by atoms with Crippen LogP contribution in [0.15, 0.2) is 20.3 Å². The Morgan fingerprint density at radius 3 is 2.00 bits per heavy atom. The average Bonchev–Trinajstić information content (AvgIpc) is 2.45. The van der Waals surface area contributed by atoms with Gasteiger partial charge in [0.1, 0.15) is 18.3 Å². The Kier molecular flexibility index (Phi) is 9.06. The van der Waals surface area contributed by atoms with Crippen LogP contribution in [-0.2, 0) is 4.74 Å². The topological polar surface area (TPSA) is 93.4 Å². The van der Waals surface area contributed by atoms with Crippen molar-refractivity contribution in [3.8, 4) is 0 Å². The average molecular weight is 511 g/mol. The third-order valence-electron chi connectivity index (χ3n) is 3.15. The molecule has 1 heterocycles. The second kappa shape index (κ2) is 9.66. The molecule has 1 aliphatic heterocycles. The number of nitrogens with zero attached hydrogens (tertiary/aromatic N) is 1. The summed E-state index contributed by atoms with van der Waals surface area (Å²) in [5.41, 5.74) is 0. The molecule has 8 heteroatoms. The fraction of sp³-hybridized carbons (Fsp3) is 0.667. The highest BCUT2D eigenvalue weighted by Gasteiger charge is 2.45. The van der Waals surface area contributed by atoms with Crippen LogP contribution in [0.1, 0.15) is 0 Å². The standard InChI is InChI=1S/C12H19I2NO5/c13-3-1-5-15(6-2-4-14)9-11(18)10(17)8(7-16)20-12(9)19/h1-4,8-12,16-19H,5-7H2/t8-,9-,10-,11-,12?/m1/s1. The van der Waals surface area contributed by atoms with Crippen molar-refractivity contribution < 1.29 is 25.2 Å². The van der Waals surface area contributed by atoms with Gasteiger partial charge in [0.2, 0.25) is 0 Å². The van der Waals surface area contributed by atoms with Crippen LogP contribution in [-0.4, -0.2) is 75.7 Å². The zero-order valence-electron chi connectivity index (χ0n) is 10.7. The smallest absolute Gasteiger partial charge is 0.173 e. The summed E-state index contributed by atoms with van der Waals surface area (Å²) in [5.74, 6) is 0. The van der Waals surface area contributed by atoms with E-state index in [1.807, 2.05) is 20.3 Å². The van der Waals surface area contributed by atoms with Crippen molar-refractivity contribution in [3.63, 3.8) is 0 Å². The molecule has 6 nitrogen and oxygen atoms in total. The number of aliphatic hydroxyl groups excluding tert-OH is 4. The quantitative estimate of drug-likeness (QED) is 0.375. The lowest BCUT2D eigenvalue weighted by atomic mass is 9.95. The summed E-state index contributed by atoms with van der Waals surface area (Å²) in [7, 11) is 0. The Balaban J connectivity index is 2.86. The van der Waals surface area contributed by atoms with E-state index in [9.17, 15) is 15.3 Å². The van der Waals surface area contributed by atoms with Crippen LogP contribution in [0.4, 0.5) is 0 Å². The van der Waals surface area contributed by atoms with E-state index in [4.69, 9.17) is 9.84 Å². The van der Waals surface area contributed by atoms with Crippen LogP contribution in [0.2, 0.25) is 0 Å². The molecule has 0 spiro atoms. The maximum atomic E-state index is 10.2. The normalized spacial score (nSPS) is 35.5. The molecule has 0 aliphatic carbocycles. The van der Waals surface area contributed by atoms with Crippen molar-refractivity contribution in [2.75, 3.05) is 19.7 Å². The summed E-state index contributed by atoms with van der Waals surface area (Å²) >= 11 is 4.18. The van der Waals surface area contributed by atoms with Gasteiger partial charge in [0.05, 0.1) is 12.6 Å². The molecule has 1 fully saturated rings. The lowest BCUT2D eigenvalue weighted by Gasteiger charge is -2.44. The Labute approximate surface area is 145 Å². The summed E-state index contributed by atoms with van der Waals surface area (Å²) < 4.78 is 8.86. The van der Waals surface area contributed by atoms with Gasteiger partial charge in [0.25, 0.3) is 0 Å². The van der Waals surface area contributed by atoms with Crippen molar-refractivity contribution in [2.45, 2.75) is 30.6 Å². The molecule has 20 heavy (non-hydrogen) atoms. The zero-order valence-corrected chi connectivity index (χ0v) is 15.0. The van der Waals surface area contributed by atoms with Gasteiger partial charge in [-0.1, -0.05) is 57.3 Å². The number of rotatable bonds is 6. The minimum Gasteiger partial charge on any atom is -0.394 e. The van der Waals surface area contributed by atoms with Gasteiger partial charge in [-0.25, -0.2) is 0 Å². The number of hydrogen-bond donors (Lipinski definition) is 4. The Hall–Kier alpha value is 0.700. The molecule has 0 aromatic carbocycles. The Morgan fingerprint density at radius 1 is 1.00 bits per heavy atom. The molecular formula is C12H19I2NO5. The summed E-state index contributed by atoms with van der Waals surface area (Å²) in [6.45, 7) is 0.550. The molecule has 116 valence electrons. The number of halogens is 2. The minimum atomic E-state index is -1.27. The molecule has 0 amide bonds. The van der Waals surface area contributed by atoms with E-state index >= 15 is 0 Å². The minimum absolute atomic E-state index is 0.455. The van der Waals surface area contributed by atoms with Crippen molar-refractivity contribution in [2.24, 2.45) is 0 Å². The van der Waals surface area contributed by atoms with Crippen LogP contribution in [0.5, 0.6) is 0 Å². The lowest BCUT2D eigenvalue weighted by molar-refractivity contribution is -0.270. The molecule has 1 unspecified atom stereocenters. The summed E-state index contributed by atoms with van der Waals surface area (Å²) in [5, 5.41) is 39.2. The van der Waals surface area contributed by atoms with E-state index in [0.717, 1.165) is 0 Å². The number of aliphatic hydroxyl groups is 4. The van der Waals surface area contributed by atoms with Crippen LogP contribution in [0.3, 0.4) is 0 Å². The second-order valence-electron chi connectivity index (χ2n) is 4.40. The van der Waals surface area contributed by atoms with Crippen molar-refractivity contribution >= 4 is 45.2 Å². The fourth-order valence-electron chi connectivity index (χ4n) is 2.15. The second-order valence-corrected chi connectivity index (χ2v) is 5.84. The first-order valence-electron chi connectivity index (χ1n) is 6.11. The summed E-state index contributed by atoms with van der Waals surface area (Å²) in [6, 6.07) is -0.756. The largest absolute Gasteiger partial charge is 0.394 e. The van der Waals surface area contributed by atoms with E-state index in [-0.39, 0.29) is 0 Å². The van der Waals surface area contributed by atoms with Gasteiger partial charge in [-0.3, -0.25) is 4.90 Å². The van der Waals surface area contributed by atoms with E-state index in [0.29, 0.717) is 13.1 Å². The van der Waals surface area contributed by atoms with Gasteiger partial charge in [-0.15, -0.1) is 0 Å². The molecule has 4 N–H and O–H groups in total. The molecule has 0 bridgehead atoms. The van der Waals surface area contributed by atoms with Gasteiger partial charge in [0.15, 0.2) is 6.29 Å². The first-order valence-corrected chi connectivity index (χ1v) is 8.61. The molecule has 0 aromatic rings. The van der Waals surface area contributed by atoms with Crippen LogP contribution in [0, 0.1) is 0 Å². The zero-order chi connectivity index (χ0) is 15.1. The molecule has 1 aliphatic rings. The first kappa shape index (κ1) is 18.7. The van der Waals surface area contributed by atoms with Crippen LogP contribution < -0.4 is 0 Å². The lowest BCUT2D eigenvalue weighted by Crippen LogP contribution is -2.64. The molecule has 0 aromatic heterocycles. The molecule has 0 radical (unpaired) electrons. The van der Waals surface area contributed by atoms with E-state index in [1.54, 1.807) is 4.90 Å². The molecule has 0 saturated carbocycles. The van der Waals surface area contributed by atoms with Crippen LogP contribution >= 0.6 is 45.2 Å². The van der Waals surface area contributed by atoms with Crippen LogP contribution in [0.25, 0.3) is 0 Å². The molecular weight excluding hydrogens is 492 g/mol. The first-order chi connectivity index (χ1) is 9.56. The van der Waals surface area contributed by atoms with E-state index in [1.165, 1.54) is 0 Å². The Bertz CT molecular complexity index is 328. The van der Waals surface area contributed by atoms with Gasteiger partial charge in [-0.2, -0.15) is 0 Å². The van der Waals surface area contributed by atoms with Crippen molar-refractivity contribution in [1.29, 1.82) is 0 Å². The predicted molar refractivity (Wildman–Crippen MR) is 91.7 cm³/mol. The Morgan fingerprint density at radius 2 is 1.55 bits per heavy atom. The predicted octanol–water partition coefficient (Wildman–Crippen LogP) is -0.0143. The van der Waals surface area contributed by atoms with E-state index in [2.05, 4.69) is 45.2 Å². The van der Waals surface area contributed by atoms with Gasteiger partial charge in [0, 0.05) is 13.1 Å². The highest BCUT2D eigenvalue weighted by molar-refractivity contribution is 14.1. The third kappa shape index (κ3) is 4.87. The molecule has 1 rings (SSSR count). The van der Waals surface area contributed by atoms with Gasteiger partial charge in [-0.05, 0) is 8.17 Å². The highest BCUT2D eigenvalue weighted by Crippen LogP contribution is 2.24. The highest BCUT2D eigenvalue weighted by atomic mass is 127. The van der Waals surface area contributed by atoms with Gasteiger partial charge < -0.3 is 25.2 Å². The summed E-state index contributed by atoms with van der Waals surface area (Å²) in [4.78, 5) is 1.80. The number of ether oxygens (including phenoxy) is 1. The number of hydrogen-bond acceptors (Lipinski definition) is 6. The monoisotopic (exact) mass is 511 g/mol. The van der Waals surface area contributed by atoms with Crippen molar-refractivity contribution in [3.05, 3.63) is 20.3 Å². The van der Waals surface area contributed by atoms with Crippen molar-refractivity contribution in [1.82, 2.24) is 4.90 Å². The SMILES string of the molecule is OC[C@H]1OC(O)[C@H](N(CC=CI)CC=CI)[C@@H](O)[C@@H]1O. The third-order valence-corrected chi connectivity index (χ3v) is 4.16. The maximum absolute atomic E-state index is 10.2. The van der Waals surface area contributed by atoms with Gasteiger partial charge >= 0.3 is 0 Å².